The van der Waals surface area contributed by atoms with Crippen molar-refractivity contribution in [2.75, 3.05) is 0 Å². The van der Waals surface area contributed by atoms with E-state index in [1.54, 1.807) is 0 Å². The summed E-state index contributed by atoms with van der Waals surface area (Å²) < 4.78 is 2.25. The Kier molecular flexibility index (Phi) is 2.55. The molecule has 16 heavy (non-hydrogen) atoms. The number of rotatable bonds is 2. The van der Waals surface area contributed by atoms with Gasteiger partial charge in [0.25, 0.3) is 0 Å². The Balaban J connectivity index is 2.55. The number of benzene rings is 1. The van der Waals surface area contributed by atoms with E-state index in [9.17, 15) is 0 Å². The van der Waals surface area contributed by atoms with Gasteiger partial charge in [0, 0.05) is 29.2 Å². The predicted octanol–water partition coefficient (Wildman–Crippen LogP) is 3.00. The molecule has 2 aromatic rings. The molecule has 0 spiro atoms. The van der Waals surface area contributed by atoms with Crippen LogP contribution in [0.4, 0.5) is 0 Å². The molecule has 2 nitrogen and oxygen atoms in total. The highest BCUT2D eigenvalue weighted by Gasteiger charge is 2.14. The molecule has 0 radical (unpaired) electrons. The van der Waals surface area contributed by atoms with E-state index in [1.807, 2.05) is 0 Å². The van der Waals surface area contributed by atoms with Crippen molar-refractivity contribution in [3.63, 3.8) is 0 Å². The molecule has 1 heterocycles. The van der Waals surface area contributed by atoms with Gasteiger partial charge in [-0.1, -0.05) is 11.6 Å². The molecule has 0 fully saturated rings. The molecule has 0 bridgehead atoms. The van der Waals surface area contributed by atoms with Crippen molar-refractivity contribution in [3.05, 3.63) is 35.5 Å². The highest BCUT2D eigenvalue weighted by Crippen LogP contribution is 2.23. The smallest absolute Gasteiger partial charge is 0.0483 e. The maximum absolute atomic E-state index is 6.08. The highest BCUT2D eigenvalue weighted by atomic mass is 15.0. The van der Waals surface area contributed by atoms with Crippen LogP contribution in [0.25, 0.3) is 10.9 Å². The van der Waals surface area contributed by atoms with Crippen LogP contribution in [0, 0.1) is 13.8 Å². The summed E-state index contributed by atoms with van der Waals surface area (Å²) in [5, 5.41) is 1.34. The van der Waals surface area contributed by atoms with Crippen molar-refractivity contribution in [2.24, 2.45) is 5.73 Å². The molecule has 0 aliphatic carbocycles. The van der Waals surface area contributed by atoms with Gasteiger partial charge in [-0.25, -0.2) is 0 Å². The lowest BCUT2D eigenvalue weighted by Crippen LogP contribution is -2.36. The summed E-state index contributed by atoms with van der Waals surface area (Å²) in [5.41, 5.74) is 9.81. The molecule has 1 aromatic carbocycles. The fourth-order valence-electron chi connectivity index (χ4n) is 2.16. The van der Waals surface area contributed by atoms with E-state index in [-0.39, 0.29) is 5.54 Å². The van der Waals surface area contributed by atoms with Gasteiger partial charge in [0.2, 0.25) is 0 Å². The standard InChI is InChI=1S/C14H20N2/c1-10-5-6-13-12(7-10)11(2)8-16(13)9-14(3,4)15/h5-8H,9,15H2,1-4H3. The molecule has 0 unspecified atom stereocenters. The lowest BCUT2D eigenvalue weighted by Gasteiger charge is -2.20. The Hall–Kier alpha value is -1.28. The number of aromatic nitrogens is 1. The topological polar surface area (TPSA) is 30.9 Å². The first kappa shape index (κ1) is 11.2. The van der Waals surface area contributed by atoms with E-state index >= 15 is 0 Å². The van der Waals surface area contributed by atoms with Crippen LogP contribution in [0.3, 0.4) is 0 Å². The SMILES string of the molecule is Cc1ccc2c(c1)c(C)cn2CC(C)(C)N. The molecule has 0 aliphatic rings. The fraction of sp³-hybridized carbons (Fsp3) is 0.429. The lowest BCUT2D eigenvalue weighted by atomic mass is 10.1. The number of nitrogens with two attached hydrogens (primary N) is 1. The molecular weight excluding hydrogens is 196 g/mol. The second-order valence-corrected chi connectivity index (χ2v) is 5.45. The first-order valence-electron chi connectivity index (χ1n) is 5.72. The molecule has 0 atom stereocenters. The van der Waals surface area contributed by atoms with E-state index < -0.39 is 0 Å². The van der Waals surface area contributed by atoms with E-state index in [1.165, 1.54) is 22.0 Å². The third kappa shape index (κ3) is 2.12. The maximum Gasteiger partial charge on any atom is 0.0483 e. The molecule has 86 valence electrons. The summed E-state index contributed by atoms with van der Waals surface area (Å²) in [5.74, 6) is 0. The van der Waals surface area contributed by atoms with Crippen LogP contribution in [-0.2, 0) is 6.54 Å². The third-order valence-electron chi connectivity index (χ3n) is 2.81. The van der Waals surface area contributed by atoms with Crippen LogP contribution in [0.1, 0.15) is 25.0 Å². The number of hydrogen-bond donors (Lipinski definition) is 1. The van der Waals surface area contributed by atoms with Crippen LogP contribution >= 0.6 is 0 Å². The first-order valence-corrected chi connectivity index (χ1v) is 5.72. The summed E-state index contributed by atoms with van der Waals surface area (Å²) in [6.07, 6.45) is 2.19. The zero-order valence-electron chi connectivity index (χ0n) is 10.5. The van der Waals surface area contributed by atoms with Crippen LogP contribution in [0.2, 0.25) is 0 Å². The van der Waals surface area contributed by atoms with E-state index in [0.29, 0.717) is 0 Å². The van der Waals surface area contributed by atoms with Gasteiger partial charge in [-0.15, -0.1) is 0 Å². The van der Waals surface area contributed by atoms with Gasteiger partial charge in [0.15, 0.2) is 0 Å². The quantitative estimate of drug-likeness (QED) is 0.822. The summed E-state index contributed by atoms with van der Waals surface area (Å²) in [6.45, 7) is 9.25. The molecule has 2 heteroatoms. The second kappa shape index (κ2) is 3.63. The van der Waals surface area contributed by atoms with Gasteiger partial charge < -0.3 is 10.3 Å². The van der Waals surface area contributed by atoms with Crippen molar-refractivity contribution >= 4 is 10.9 Å². The summed E-state index contributed by atoms with van der Waals surface area (Å²) in [7, 11) is 0. The van der Waals surface area contributed by atoms with Crippen molar-refractivity contribution in [1.29, 1.82) is 0 Å². The van der Waals surface area contributed by atoms with Gasteiger partial charge >= 0.3 is 0 Å². The van der Waals surface area contributed by atoms with E-state index in [4.69, 9.17) is 5.73 Å². The monoisotopic (exact) mass is 216 g/mol. The summed E-state index contributed by atoms with van der Waals surface area (Å²) in [6, 6.07) is 6.58. The Bertz CT molecular complexity index is 515. The average molecular weight is 216 g/mol. The average Bonchev–Trinajstić information content (AvgIpc) is 2.40. The first-order chi connectivity index (χ1) is 7.37. The summed E-state index contributed by atoms with van der Waals surface area (Å²) in [4.78, 5) is 0. The summed E-state index contributed by atoms with van der Waals surface area (Å²) >= 11 is 0. The molecule has 2 rings (SSSR count). The zero-order valence-corrected chi connectivity index (χ0v) is 10.5. The lowest BCUT2D eigenvalue weighted by molar-refractivity contribution is 0.441. The molecule has 1 aromatic heterocycles. The van der Waals surface area contributed by atoms with Gasteiger partial charge in [0.1, 0.15) is 0 Å². The predicted molar refractivity (Wildman–Crippen MR) is 69.7 cm³/mol. The molecule has 0 saturated carbocycles. The van der Waals surface area contributed by atoms with Crippen molar-refractivity contribution in [2.45, 2.75) is 39.8 Å². The molecule has 0 saturated heterocycles. The van der Waals surface area contributed by atoms with E-state index in [0.717, 1.165) is 6.54 Å². The number of aryl methyl sites for hydroxylation is 2. The van der Waals surface area contributed by atoms with Gasteiger partial charge in [-0.2, -0.15) is 0 Å². The fourth-order valence-corrected chi connectivity index (χ4v) is 2.16. The Morgan fingerprint density at radius 1 is 1.25 bits per heavy atom. The number of fused-ring (bicyclic) bond motifs is 1. The van der Waals surface area contributed by atoms with Crippen molar-refractivity contribution in [1.82, 2.24) is 4.57 Å². The minimum absolute atomic E-state index is 0.177. The van der Waals surface area contributed by atoms with Gasteiger partial charge in [-0.05, 0) is 45.4 Å². The van der Waals surface area contributed by atoms with Crippen LogP contribution in [-0.4, -0.2) is 10.1 Å². The third-order valence-corrected chi connectivity index (χ3v) is 2.81. The van der Waals surface area contributed by atoms with Gasteiger partial charge in [0.05, 0.1) is 0 Å². The minimum atomic E-state index is -0.177. The normalized spacial score (nSPS) is 12.3. The number of hydrogen-bond acceptors (Lipinski definition) is 1. The zero-order chi connectivity index (χ0) is 11.9. The van der Waals surface area contributed by atoms with Crippen LogP contribution in [0.5, 0.6) is 0 Å². The van der Waals surface area contributed by atoms with Crippen LogP contribution < -0.4 is 5.73 Å². The van der Waals surface area contributed by atoms with Crippen LogP contribution in [0.15, 0.2) is 24.4 Å². The van der Waals surface area contributed by atoms with E-state index in [2.05, 4.69) is 56.7 Å². The van der Waals surface area contributed by atoms with Crippen molar-refractivity contribution in [3.8, 4) is 0 Å². The molecule has 2 N–H and O–H groups in total. The second-order valence-electron chi connectivity index (χ2n) is 5.45. The Morgan fingerprint density at radius 3 is 2.56 bits per heavy atom. The highest BCUT2D eigenvalue weighted by molar-refractivity contribution is 5.84. The molecule has 0 aliphatic heterocycles. The van der Waals surface area contributed by atoms with Gasteiger partial charge in [-0.3, -0.25) is 0 Å². The van der Waals surface area contributed by atoms with Crippen molar-refractivity contribution < 1.29 is 0 Å². The largest absolute Gasteiger partial charge is 0.345 e. The molecule has 0 amide bonds. The minimum Gasteiger partial charge on any atom is -0.345 e. The Morgan fingerprint density at radius 2 is 1.94 bits per heavy atom. The number of nitrogens with zero attached hydrogens (tertiary/aromatic N) is 1. The maximum atomic E-state index is 6.08. The Labute approximate surface area is 97.1 Å². The molecular formula is C14H20N2.